The first-order chi connectivity index (χ1) is 9.54. The Morgan fingerprint density at radius 2 is 2.00 bits per heavy atom. The SMILES string of the molecule is O=C(COc1cc(Cl)ccc1Cl)Nc1cccc(O)c1. The van der Waals surface area contributed by atoms with E-state index in [4.69, 9.17) is 27.9 Å². The third kappa shape index (κ3) is 4.05. The van der Waals surface area contributed by atoms with Gasteiger partial charge in [0.25, 0.3) is 5.91 Å². The number of phenolic OH excluding ortho intramolecular Hbond substituents is 1. The average Bonchev–Trinajstić information content (AvgIpc) is 2.40. The lowest BCUT2D eigenvalue weighted by atomic mass is 10.3. The van der Waals surface area contributed by atoms with Crippen LogP contribution in [0.2, 0.25) is 10.0 Å². The summed E-state index contributed by atoms with van der Waals surface area (Å²) in [6, 6.07) is 11.0. The topological polar surface area (TPSA) is 58.6 Å². The van der Waals surface area contributed by atoms with Crippen LogP contribution >= 0.6 is 23.2 Å². The molecule has 20 heavy (non-hydrogen) atoms. The maximum Gasteiger partial charge on any atom is 0.262 e. The van der Waals surface area contributed by atoms with Gasteiger partial charge in [0.15, 0.2) is 6.61 Å². The molecule has 4 nitrogen and oxygen atoms in total. The van der Waals surface area contributed by atoms with Crippen LogP contribution in [0.5, 0.6) is 11.5 Å². The Morgan fingerprint density at radius 3 is 2.75 bits per heavy atom. The van der Waals surface area contributed by atoms with E-state index in [9.17, 15) is 9.90 Å². The molecule has 0 heterocycles. The van der Waals surface area contributed by atoms with Gasteiger partial charge in [-0.05, 0) is 24.3 Å². The van der Waals surface area contributed by atoms with Gasteiger partial charge in [-0.25, -0.2) is 0 Å². The second-order valence-electron chi connectivity index (χ2n) is 3.96. The van der Waals surface area contributed by atoms with Gasteiger partial charge in [0.1, 0.15) is 11.5 Å². The maximum atomic E-state index is 11.7. The van der Waals surface area contributed by atoms with Gasteiger partial charge < -0.3 is 15.2 Å². The molecule has 0 aliphatic carbocycles. The number of anilines is 1. The number of halogens is 2. The zero-order chi connectivity index (χ0) is 14.5. The van der Waals surface area contributed by atoms with Crippen molar-refractivity contribution in [2.45, 2.75) is 0 Å². The van der Waals surface area contributed by atoms with Crippen LogP contribution < -0.4 is 10.1 Å². The smallest absolute Gasteiger partial charge is 0.262 e. The minimum Gasteiger partial charge on any atom is -0.508 e. The predicted octanol–water partition coefficient (Wildman–Crippen LogP) is 3.72. The van der Waals surface area contributed by atoms with Crippen LogP contribution in [0.4, 0.5) is 5.69 Å². The normalized spacial score (nSPS) is 10.1. The number of carbonyl (C=O) groups excluding carboxylic acids is 1. The molecular weight excluding hydrogens is 301 g/mol. The van der Waals surface area contributed by atoms with Crippen molar-refractivity contribution in [1.29, 1.82) is 0 Å². The second kappa shape index (κ2) is 6.50. The van der Waals surface area contributed by atoms with Crippen molar-refractivity contribution >= 4 is 34.8 Å². The number of phenols is 1. The molecule has 0 atom stereocenters. The molecule has 104 valence electrons. The summed E-state index contributed by atoms with van der Waals surface area (Å²) >= 11 is 11.7. The van der Waals surface area contributed by atoms with Crippen molar-refractivity contribution in [2.75, 3.05) is 11.9 Å². The van der Waals surface area contributed by atoms with E-state index in [-0.39, 0.29) is 18.3 Å². The Bertz CT molecular complexity index is 632. The van der Waals surface area contributed by atoms with Crippen molar-refractivity contribution in [3.63, 3.8) is 0 Å². The molecule has 0 saturated carbocycles. The standard InChI is InChI=1S/C14H11Cl2NO3/c15-9-4-5-12(16)13(6-9)20-8-14(19)17-10-2-1-3-11(18)7-10/h1-7,18H,8H2,(H,17,19). The van der Waals surface area contributed by atoms with Crippen LogP contribution in [0.25, 0.3) is 0 Å². The summed E-state index contributed by atoms with van der Waals surface area (Å²) in [5.41, 5.74) is 0.482. The maximum absolute atomic E-state index is 11.7. The highest BCUT2D eigenvalue weighted by molar-refractivity contribution is 6.34. The summed E-state index contributed by atoms with van der Waals surface area (Å²) < 4.78 is 5.29. The Hall–Kier alpha value is -1.91. The van der Waals surface area contributed by atoms with Gasteiger partial charge in [0, 0.05) is 22.8 Å². The molecule has 2 rings (SSSR count). The Kier molecular flexibility index (Phi) is 4.71. The first-order valence-corrected chi connectivity index (χ1v) is 6.47. The Morgan fingerprint density at radius 1 is 1.20 bits per heavy atom. The van der Waals surface area contributed by atoms with E-state index >= 15 is 0 Å². The molecule has 0 unspecified atom stereocenters. The average molecular weight is 312 g/mol. The highest BCUT2D eigenvalue weighted by atomic mass is 35.5. The predicted molar refractivity (Wildman–Crippen MR) is 78.7 cm³/mol. The molecule has 1 amide bonds. The monoisotopic (exact) mass is 311 g/mol. The molecule has 0 aliphatic heterocycles. The fourth-order valence-electron chi connectivity index (χ4n) is 1.51. The number of carbonyl (C=O) groups is 1. The van der Waals surface area contributed by atoms with E-state index in [1.54, 1.807) is 24.3 Å². The van der Waals surface area contributed by atoms with Crippen molar-refractivity contribution in [3.8, 4) is 11.5 Å². The van der Waals surface area contributed by atoms with Gasteiger partial charge >= 0.3 is 0 Å². The third-order valence-electron chi connectivity index (χ3n) is 2.38. The fourth-order valence-corrected chi connectivity index (χ4v) is 1.85. The Balaban J connectivity index is 1.94. The Labute approximate surface area is 125 Å². The molecule has 0 aromatic heterocycles. The molecule has 2 aromatic rings. The van der Waals surface area contributed by atoms with E-state index in [0.717, 1.165) is 0 Å². The molecular formula is C14H11Cl2NO3. The van der Waals surface area contributed by atoms with Crippen LogP contribution in [0.1, 0.15) is 0 Å². The number of ether oxygens (including phenoxy) is 1. The first kappa shape index (κ1) is 14.5. The van der Waals surface area contributed by atoms with Crippen LogP contribution in [0, 0.1) is 0 Å². The quantitative estimate of drug-likeness (QED) is 0.904. The van der Waals surface area contributed by atoms with Crippen molar-refractivity contribution in [2.24, 2.45) is 0 Å². The molecule has 6 heteroatoms. The summed E-state index contributed by atoms with van der Waals surface area (Å²) in [4.78, 5) is 11.7. The van der Waals surface area contributed by atoms with Gasteiger partial charge in [-0.2, -0.15) is 0 Å². The molecule has 0 saturated heterocycles. The molecule has 2 N–H and O–H groups in total. The van der Waals surface area contributed by atoms with Gasteiger partial charge in [-0.1, -0.05) is 29.3 Å². The second-order valence-corrected chi connectivity index (χ2v) is 4.81. The lowest BCUT2D eigenvalue weighted by molar-refractivity contribution is -0.118. The number of rotatable bonds is 4. The summed E-state index contributed by atoms with van der Waals surface area (Å²) in [5.74, 6) is 0.0403. The summed E-state index contributed by atoms with van der Waals surface area (Å²) in [7, 11) is 0. The molecule has 0 bridgehead atoms. The van der Waals surface area contributed by atoms with Gasteiger partial charge in [-0.15, -0.1) is 0 Å². The minimum atomic E-state index is -0.369. The minimum absolute atomic E-state index is 0.0709. The van der Waals surface area contributed by atoms with Crippen LogP contribution in [0.15, 0.2) is 42.5 Å². The van der Waals surface area contributed by atoms with Crippen LogP contribution in [-0.2, 0) is 4.79 Å². The number of aromatic hydroxyl groups is 1. The van der Waals surface area contributed by atoms with Gasteiger partial charge in [0.05, 0.1) is 5.02 Å². The van der Waals surface area contributed by atoms with E-state index in [1.807, 2.05) is 0 Å². The highest BCUT2D eigenvalue weighted by Gasteiger charge is 2.07. The van der Waals surface area contributed by atoms with E-state index < -0.39 is 0 Å². The fraction of sp³-hybridized carbons (Fsp3) is 0.0714. The van der Waals surface area contributed by atoms with Crippen molar-refractivity contribution in [3.05, 3.63) is 52.5 Å². The number of amides is 1. The largest absolute Gasteiger partial charge is 0.508 e. The molecule has 0 fully saturated rings. The molecule has 2 aromatic carbocycles. The van der Waals surface area contributed by atoms with Gasteiger partial charge in [0.2, 0.25) is 0 Å². The van der Waals surface area contributed by atoms with E-state index in [2.05, 4.69) is 5.32 Å². The summed E-state index contributed by atoms with van der Waals surface area (Å²) in [6.07, 6.45) is 0. The molecule has 0 aliphatic rings. The van der Waals surface area contributed by atoms with Crippen molar-refractivity contribution in [1.82, 2.24) is 0 Å². The first-order valence-electron chi connectivity index (χ1n) is 5.71. The number of hydrogen-bond donors (Lipinski definition) is 2. The number of nitrogens with one attached hydrogen (secondary N) is 1. The zero-order valence-corrected chi connectivity index (χ0v) is 11.8. The highest BCUT2D eigenvalue weighted by Crippen LogP contribution is 2.27. The summed E-state index contributed by atoms with van der Waals surface area (Å²) in [6.45, 7) is -0.213. The number of hydrogen-bond acceptors (Lipinski definition) is 3. The molecule has 0 radical (unpaired) electrons. The molecule has 0 spiro atoms. The number of benzene rings is 2. The third-order valence-corrected chi connectivity index (χ3v) is 2.93. The lowest BCUT2D eigenvalue weighted by Crippen LogP contribution is -2.20. The summed E-state index contributed by atoms with van der Waals surface area (Å²) in [5, 5.41) is 12.7. The van der Waals surface area contributed by atoms with Crippen LogP contribution in [0.3, 0.4) is 0 Å². The van der Waals surface area contributed by atoms with E-state index in [0.29, 0.717) is 21.5 Å². The zero-order valence-electron chi connectivity index (χ0n) is 10.3. The van der Waals surface area contributed by atoms with Gasteiger partial charge in [-0.3, -0.25) is 4.79 Å². The van der Waals surface area contributed by atoms with Crippen molar-refractivity contribution < 1.29 is 14.6 Å². The van der Waals surface area contributed by atoms with E-state index in [1.165, 1.54) is 18.2 Å². The lowest BCUT2D eigenvalue weighted by Gasteiger charge is -2.09. The van der Waals surface area contributed by atoms with Crippen LogP contribution in [-0.4, -0.2) is 17.6 Å².